The third kappa shape index (κ3) is 1.90. The smallest absolute Gasteiger partial charge is 0.0561 e. The Hall–Kier alpha value is -0.0500. The second-order valence-corrected chi connectivity index (χ2v) is 5.21. The molecule has 0 aliphatic heterocycles. The molecular formula is C10H14ClNS. The Labute approximate surface area is 87.9 Å². The first-order valence-electron chi connectivity index (χ1n) is 4.68. The van der Waals surface area contributed by atoms with E-state index in [-0.39, 0.29) is 6.04 Å². The van der Waals surface area contributed by atoms with Crippen LogP contribution < -0.4 is 5.73 Å². The predicted octanol–water partition coefficient (Wildman–Crippen LogP) is 3.45. The van der Waals surface area contributed by atoms with Crippen LogP contribution in [0.5, 0.6) is 0 Å². The summed E-state index contributed by atoms with van der Waals surface area (Å²) in [6.07, 6.45) is 2.69. The highest BCUT2D eigenvalue weighted by Crippen LogP contribution is 2.43. The molecule has 0 spiro atoms. The molecule has 1 heterocycles. The highest BCUT2D eigenvalue weighted by atomic mass is 35.5. The molecule has 1 nitrogen and oxygen atoms in total. The first-order chi connectivity index (χ1) is 6.20. The van der Waals surface area contributed by atoms with Gasteiger partial charge in [-0.3, -0.25) is 0 Å². The normalized spacial score (nSPS) is 21.5. The molecule has 13 heavy (non-hydrogen) atoms. The van der Waals surface area contributed by atoms with Gasteiger partial charge in [0, 0.05) is 10.9 Å². The quantitative estimate of drug-likeness (QED) is 0.822. The third-order valence-corrected chi connectivity index (χ3v) is 4.34. The van der Waals surface area contributed by atoms with Crippen molar-refractivity contribution in [3.63, 3.8) is 0 Å². The minimum atomic E-state index is 0.139. The summed E-state index contributed by atoms with van der Waals surface area (Å²) in [5, 5.41) is 2.85. The third-order valence-electron chi connectivity index (χ3n) is 2.88. The predicted molar refractivity (Wildman–Crippen MR) is 58.1 cm³/mol. The zero-order valence-electron chi connectivity index (χ0n) is 7.66. The first-order valence-corrected chi connectivity index (χ1v) is 5.94. The van der Waals surface area contributed by atoms with E-state index in [4.69, 9.17) is 17.3 Å². The van der Waals surface area contributed by atoms with Crippen molar-refractivity contribution in [3.8, 4) is 0 Å². The van der Waals surface area contributed by atoms with Crippen molar-refractivity contribution in [1.82, 2.24) is 0 Å². The summed E-state index contributed by atoms with van der Waals surface area (Å²) >= 11 is 7.71. The topological polar surface area (TPSA) is 26.0 Å². The molecule has 2 atom stereocenters. The summed E-state index contributed by atoms with van der Waals surface area (Å²) in [4.78, 5) is 1.15. The lowest BCUT2D eigenvalue weighted by atomic mass is 9.96. The molecule has 2 N–H and O–H groups in total. The van der Waals surface area contributed by atoms with Gasteiger partial charge in [0.05, 0.1) is 5.02 Å². The first kappa shape index (κ1) is 9.50. The van der Waals surface area contributed by atoms with Crippen LogP contribution in [-0.4, -0.2) is 0 Å². The van der Waals surface area contributed by atoms with Crippen LogP contribution >= 0.6 is 22.9 Å². The van der Waals surface area contributed by atoms with Crippen molar-refractivity contribution >= 4 is 22.9 Å². The van der Waals surface area contributed by atoms with Crippen molar-refractivity contribution in [3.05, 3.63) is 21.3 Å². The number of thiophene rings is 1. The van der Waals surface area contributed by atoms with Gasteiger partial charge in [0.25, 0.3) is 0 Å². The van der Waals surface area contributed by atoms with Gasteiger partial charge in [0.15, 0.2) is 0 Å². The summed E-state index contributed by atoms with van der Waals surface area (Å²) in [5.74, 6) is 1.42. The Balaban J connectivity index is 2.11. The summed E-state index contributed by atoms with van der Waals surface area (Å²) in [6.45, 7) is 2.23. The molecule has 0 amide bonds. The molecule has 0 aromatic carbocycles. The van der Waals surface area contributed by atoms with Crippen molar-refractivity contribution in [1.29, 1.82) is 0 Å². The number of hydrogen-bond acceptors (Lipinski definition) is 2. The van der Waals surface area contributed by atoms with Gasteiger partial charge in [-0.2, -0.15) is 0 Å². The largest absolute Gasteiger partial charge is 0.323 e. The average Bonchev–Trinajstić information content (AvgIpc) is 2.87. The van der Waals surface area contributed by atoms with Crippen LogP contribution in [-0.2, 0) is 0 Å². The van der Waals surface area contributed by atoms with E-state index in [0.717, 1.165) is 15.8 Å². The summed E-state index contributed by atoms with van der Waals surface area (Å²) in [7, 11) is 0. The van der Waals surface area contributed by atoms with Crippen LogP contribution in [0.2, 0.25) is 5.02 Å². The Bertz CT molecular complexity index is 293. The molecule has 1 aromatic heterocycles. The van der Waals surface area contributed by atoms with Gasteiger partial charge in [-0.05, 0) is 36.1 Å². The summed E-state index contributed by atoms with van der Waals surface area (Å²) < 4.78 is 0. The van der Waals surface area contributed by atoms with E-state index in [0.29, 0.717) is 5.92 Å². The van der Waals surface area contributed by atoms with Gasteiger partial charge in [0.1, 0.15) is 0 Å². The molecule has 1 saturated carbocycles. The molecular weight excluding hydrogens is 202 g/mol. The van der Waals surface area contributed by atoms with Crippen LogP contribution in [0, 0.1) is 11.8 Å². The van der Waals surface area contributed by atoms with E-state index < -0.39 is 0 Å². The molecule has 0 saturated heterocycles. The van der Waals surface area contributed by atoms with Crippen molar-refractivity contribution in [2.75, 3.05) is 0 Å². The summed E-state index contributed by atoms with van der Waals surface area (Å²) in [6, 6.07) is 2.07. The number of nitrogens with two attached hydrogens (primary N) is 1. The van der Waals surface area contributed by atoms with Crippen LogP contribution in [0.25, 0.3) is 0 Å². The zero-order valence-corrected chi connectivity index (χ0v) is 9.24. The Morgan fingerprint density at radius 1 is 1.62 bits per heavy atom. The molecule has 1 aliphatic carbocycles. The molecule has 0 radical (unpaired) electrons. The maximum atomic E-state index is 6.15. The molecule has 72 valence electrons. The highest BCUT2D eigenvalue weighted by molar-refractivity contribution is 7.10. The molecule has 2 unspecified atom stereocenters. The minimum Gasteiger partial charge on any atom is -0.323 e. The van der Waals surface area contributed by atoms with E-state index >= 15 is 0 Å². The zero-order chi connectivity index (χ0) is 9.42. The van der Waals surface area contributed by atoms with E-state index in [1.807, 2.05) is 11.4 Å². The second kappa shape index (κ2) is 3.60. The molecule has 3 heteroatoms. The Morgan fingerprint density at radius 3 is 2.77 bits per heavy atom. The second-order valence-electron chi connectivity index (χ2n) is 3.86. The minimum absolute atomic E-state index is 0.139. The highest BCUT2D eigenvalue weighted by Gasteiger charge is 2.33. The van der Waals surface area contributed by atoms with Gasteiger partial charge < -0.3 is 5.73 Å². The fraction of sp³-hybridized carbons (Fsp3) is 0.600. The number of halogens is 1. The van der Waals surface area contributed by atoms with E-state index in [1.54, 1.807) is 11.3 Å². The van der Waals surface area contributed by atoms with Crippen molar-refractivity contribution < 1.29 is 0 Å². The van der Waals surface area contributed by atoms with Crippen LogP contribution in [0.4, 0.5) is 0 Å². The van der Waals surface area contributed by atoms with Crippen molar-refractivity contribution in [2.45, 2.75) is 25.8 Å². The Morgan fingerprint density at radius 2 is 2.31 bits per heavy atom. The fourth-order valence-corrected chi connectivity index (χ4v) is 3.00. The van der Waals surface area contributed by atoms with E-state index in [2.05, 4.69) is 6.92 Å². The Kier molecular flexibility index (Phi) is 2.63. The average molecular weight is 216 g/mol. The fourth-order valence-electron chi connectivity index (χ4n) is 1.70. The van der Waals surface area contributed by atoms with Gasteiger partial charge in [-0.1, -0.05) is 18.5 Å². The van der Waals surface area contributed by atoms with E-state index in [9.17, 15) is 0 Å². The van der Waals surface area contributed by atoms with Gasteiger partial charge >= 0.3 is 0 Å². The monoisotopic (exact) mass is 215 g/mol. The molecule has 1 fully saturated rings. The lowest BCUT2D eigenvalue weighted by Crippen LogP contribution is -2.19. The number of rotatable bonds is 3. The SMILES string of the molecule is CC(C1CC1)C(N)c1sccc1Cl. The van der Waals surface area contributed by atoms with Gasteiger partial charge in [-0.15, -0.1) is 11.3 Å². The summed E-state index contributed by atoms with van der Waals surface area (Å²) in [5.41, 5.74) is 6.15. The molecule has 2 rings (SSSR count). The maximum Gasteiger partial charge on any atom is 0.0561 e. The maximum absolute atomic E-state index is 6.15. The van der Waals surface area contributed by atoms with Gasteiger partial charge in [0.2, 0.25) is 0 Å². The van der Waals surface area contributed by atoms with Gasteiger partial charge in [-0.25, -0.2) is 0 Å². The molecule has 0 bridgehead atoms. The van der Waals surface area contributed by atoms with Crippen LogP contribution in [0.1, 0.15) is 30.7 Å². The lowest BCUT2D eigenvalue weighted by Gasteiger charge is -2.18. The van der Waals surface area contributed by atoms with E-state index in [1.165, 1.54) is 12.8 Å². The van der Waals surface area contributed by atoms with Crippen molar-refractivity contribution in [2.24, 2.45) is 17.6 Å². The molecule has 1 aromatic rings. The lowest BCUT2D eigenvalue weighted by molar-refractivity contribution is 0.422. The number of hydrogen-bond donors (Lipinski definition) is 1. The van der Waals surface area contributed by atoms with Crippen LogP contribution in [0.3, 0.4) is 0 Å². The standard InChI is InChI=1S/C10H14ClNS/c1-6(7-2-3-7)9(12)10-8(11)4-5-13-10/h4-7,9H,2-3,12H2,1H3. The molecule has 1 aliphatic rings. The van der Waals surface area contributed by atoms with Crippen LogP contribution in [0.15, 0.2) is 11.4 Å².